The maximum atomic E-state index is 6.22. The minimum absolute atomic E-state index is 0.276. The average Bonchev–Trinajstić information content (AvgIpc) is 2.94. The Bertz CT molecular complexity index is 767. The highest BCUT2D eigenvalue weighted by Crippen LogP contribution is 2.39. The molecule has 2 aromatic rings. The maximum Gasteiger partial charge on any atom is 0.220 e. The van der Waals surface area contributed by atoms with E-state index in [1.807, 2.05) is 23.1 Å². The fraction of sp³-hybridized carbons (Fsp3) is 0.400. The number of fused-ring (bicyclic) bond motifs is 1. The molecule has 5 N–H and O–H groups in total. The number of anilines is 1. The number of benzene rings is 1. The van der Waals surface area contributed by atoms with Gasteiger partial charge < -0.3 is 11.5 Å². The van der Waals surface area contributed by atoms with Gasteiger partial charge in [0, 0.05) is 11.1 Å². The Morgan fingerprint density at radius 3 is 2.77 bits per heavy atom. The second-order valence-corrected chi connectivity index (χ2v) is 5.96. The molecule has 1 aromatic carbocycles. The number of guanidine groups is 2. The number of aliphatic imine (C=N–C) groups is 2. The molecule has 4 rings (SSSR count). The van der Waals surface area contributed by atoms with Crippen LogP contribution in [0.25, 0.3) is 10.9 Å². The summed E-state index contributed by atoms with van der Waals surface area (Å²) in [7, 11) is 0. The molecule has 0 atom stereocenters. The molecular weight excluding hydrogens is 278 g/mol. The number of aromatic nitrogens is 2. The van der Waals surface area contributed by atoms with E-state index in [2.05, 4.69) is 20.2 Å². The molecule has 114 valence electrons. The van der Waals surface area contributed by atoms with Crippen LogP contribution in [0.4, 0.5) is 5.69 Å². The number of nitrogens with one attached hydrogen (secondary N) is 1. The molecule has 1 spiro atoms. The van der Waals surface area contributed by atoms with Crippen LogP contribution in [0.3, 0.4) is 0 Å². The van der Waals surface area contributed by atoms with E-state index in [1.165, 1.54) is 6.42 Å². The normalized spacial score (nSPS) is 21.0. The topological polar surface area (TPSA) is 109 Å². The minimum atomic E-state index is -0.401. The fourth-order valence-electron chi connectivity index (χ4n) is 3.56. The monoisotopic (exact) mass is 297 g/mol. The molecule has 1 fully saturated rings. The Morgan fingerprint density at radius 1 is 1.14 bits per heavy atom. The van der Waals surface area contributed by atoms with Gasteiger partial charge in [0.2, 0.25) is 11.9 Å². The van der Waals surface area contributed by atoms with E-state index in [-0.39, 0.29) is 5.96 Å². The summed E-state index contributed by atoms with van der Waals surface area (Å²) in [6, 6.07) is 6.10. The van der Waals surface area contributed by atoms with E-state index in [1.54, 1.807) is 6.20 Å². The van der Waals surface area contributed by atoms with E-state index in [4.69, 9.17) is 11.5 Å². The third-order valence-electron chi connectivity index (χ3n) is 4.54. The first-order chi connectivity index (χ1) is 10.7. The number of nitrogens with zero attached hydrogens (tertiary/aromatic N) is 4. The molecule has 0 saturated heterocycles. The zero-order chi connectivity index (χ0) is 15.2. The fourth-order valence-corrected chi connectivity index (χ4v) is 3.56. The molecule has 0 bridgehead atoms. The molecule has 7 heteroatoms. The van der Waals surface area contributed by atoms with Crippen molar-refractivity contribution in [3.05, 3.63) is 24.4 Å². The van der Waals surface area contributed by atoms with E-state index in [0.717, 1.165) is 42.3 Å². The van der Waals surface area contributed by atoms with Gasteiger partial charge >= 0.3 is 0 Å². The van der Waals surface area contributed by atoms with E-state index >= 15 is 0 Å². The van der Waals surface area contributed by atoms with Gasteiger partial charge in [-0.1, -0.05) is 6.42 Å². The molecule has 1 saturated carbocycles. The standard InChI is InChI=1S/C15H19N7/c16-13-19-14(17)22(15(20-13)6-2-1-3-7-15)11-5-4-10-9-18-21-12(10)8-11/h4-5,8-9H,1-3,6-7H2,(H,18,21)(H4,16,17,19,20). The Morgan fingerprint density at radius 2 is 1.95 bits per heavy atom. The van der Waals surface area contributed by atoms with Crippen LogP contribution in [-0.2, 0) is 0 Å². The average molecular weight is 297 g/mol. The number of aromatic amines is 1. The van der Waals surface area contributed by atoms with Gasteiger partial charge in [0.15, 0.2) is 0 Å². The summed E-state index contributed by atoms with van der Waals surface area (Å²) in [5, 5.41) is 8.13. The van der Waals surface area contributed by atoms with Gasteiger partial charge in [-0.3, -0.25) is 10.00 Å². The van der Waals surface area contributed by atoms with Crippen molar-refractivity contribution in [2.45, 2.75) is 37.8 Å². The van der Waals surface area contributed by atoms with Gasteiger partial charge in [0.1, 0.15) is 5.66 Å². The maximum absolute atomic E-state index is 6.22. The molecule has 0 radical (unpaired) electrons. The summed E-state index contributed by atoms with van der Waals surface area (Å²) in [4.78, 5) is 10.9. The Labute approximate surface area is 128 Å². The first-order valence-electron chi connectivity index (χ1n) is 7.61. The lowest BCUT2D eigenvalue weighted by molar-refractivity contribution is 0.305. The Balaban J connectivity index is 1.84. The van der Waals surface area contributed by atoms with Crippen molar-refractivity contribution in [1.82, 2.24) is 10.2 Å². The highest BCUT2D eigenvalue weighted by Gasteiger charge is 2.42. The smallest absolute Gasteiger partial charge is 0.220 e. The molecule has 7 nitrogen and oxygen atoms in total. The summed E-state index contributed by atoms with van der Waals surface area (Å²) >= 11 is 0. The molecule has 1 aliphatic heterocycles. The third-order valence-corrected chi connectivity index (χ3v) is 4.54. The zero-order valence-corrected chi connectivity index (χ0v) is 12.3. The Kier molecular flexibility index (Phi) is 2.82. The SMILES string of the molecule is NC1=NC2(CCCCC2)N(c2ccc3cn[nH]c3c2)C(N)=N1. The third kappa shape index (κ3) is 1.93. The minimum Gasteiger partial charge on any atom is -0.369 e. The van der Waals surface area contributed by atoms with Gasteiger partial charge in [-0.2, -0.15) is 10.1 Å². The predicted molar refractivity (Wildman–Crippen MR) is 87.6 cm³/mol. The van der Waals surface area contributed by atoms with Crippen LogP contribution in [0.2, 0.25) is 0 Å². The van der Waals surface area contributed by atoms with Crippen LogP contribution < -0.4 is 16.4 Å². The predicted octanol–water partition coefficient (Wildman–Crippen LogP) is 1.67. The van der Waals surface area contributed by atoms with E-state index in [0.29, 0.717) is 5.96 Å². The van der Waals surface area contributed by atoms with Gasteiger partial charge in [0.25, 0.3) is 0 Å². The molecule has 22 heavy (non-hydrogen) atoms. The zero-order valence-electron chi connectivity index (χ0n) is 12.3. The number of nitrogens with two attached hydrogens (primary N) is 2. The van der Waals surface area contributed by atoms with Crippen molar-refractivity contribution in [2.24, 2.45) is 21.5 Å². The molecule has 0 amide bonds. The molecule has 2 aliphatic rings. The van der Waals surface area contributed by atoms with Gasteiger partial charge in [-0.25, -0.2) is 4.99 Å². The van der Waals surface area contributed by atoms with E-state index in [9.17, 15) is 0 Å². The number of hydrogen-bond acceptors (Lipinski definition) is 6. The van der Waals surface area contributed by atoms with Crippen molar-refractivity contribution in [3.63, 3.8) is 0 Å². The lowest BCUT2D eigenvalue weighted by Crippen LogP contribution is -2.58. The molecule has 2 heterocycles. The molecule has 1 aromatic heterocycles. The number of H-pyrrole nitrogens is 1. The summed E-state index contributed by atoms with van der Waals surface area (Å²) in [5.74, 6) is 0.687. The van der Waals surface area contributed by atoms with Crippen LogP contribution in [-0.4, -0.2) is 27.8 Å². The first-order valence-corrected chi connectivity index (χ1v) is 7.61. The van der Waals surface area contributed by atoms with Crippen molar-refractivity contribution in [2.75, 3.05) is 4.90 Å². The van der Waals surface area contributed by atoms with Crippen LogP contribution in [0.1, 0.15) is 32.1 Å². The van der Waals surface area contributed by atoms with Crippen molar-refractivity contribution >= 4 is 28.5 Å². The van der Waals surface area contributed by atoms with Crippen molar-refractivity contribution < 1.29 is 0 Å². The number of rotatable bonds is 1. The molecular formula is C15H19N7. The summed E-state index contributed by atoms with van der Waals surface area (Å²) in [5.41, 5.74) is 13.6. The Hall–Kier alpha value is -2.57. The lowest BCUT2D eigenvalue weighted by atomic mass is 9.87. The van der Waals surface area contributed by atoms with Gasteiger partial charge in [0.05, 0.1) is 11.7 Å². The van der Waals surface area contributed by atoms with Crippen LogP contribution in [0.5, 0.6) is 0 Å². The second kappa shape index (κ2) is 4.72. The van der Waals surface area contributed by atoms with E-state index < -0.39 is 5.66 Å². The highest BCUT2D eigenvalue weighted by atomic mass is 15.4. The van der Waals surface area contributed by atoms with Crippen molar-refractivity contribution in [3.8, 4) is 0 Å². The summed E-state index contributed by atoms with van der Waals surface area (Å²) < 4.78 is 0. The van der Waals surface area contributed by atoms with Crippen LogP contribution in [0.15, 0.2) is 34.4 Å². The first kappa shape index (κ1) is 13.1. The van der Waals surface area contributed by atoms with Crippen molar-refractivity contribution in [1.29, 1.82) is 0 Å². The second-order valence-electron chi connectivity index (χ2n) is 5.96. The summed E-state index contributed by atoms with van der Waals surface area (Å²) in [6.07, 6.45) is 7.14. The lowest BCUT2D eigenvalue weighted by Gasteiger charge is -2.45. The van der Waals surface area contributed by atoms with Gasteiger partial charge in [-0.15, -0.1) is 0 Å². The summed E-state index contributed by atoms with van der Waals surface area (Å²) in [6.45, 7) is 0. The molecule has 1 aliphatic carbocycles. The number of hydrogen-bond donors (Lipinski definition) is 3. The largest absolute Gasteiger partial charge is 0.369 e. The van der Waals surface area contributed by atoms with Crippen LogP contribution in [0, 0.1) is 0 Å². The molecule has 0 unspecified atom stereocenters. The quantitative estimate of drug-likeness (QED) is 0.744. The van der Waals surface area contributed by atoms with Gasteiger partial charge in [-0.05, 0) is 43.9 Å². The highest BCUT2D eigenvalue weighted by molar-refractivity contribution is 6.06. The van der Waals surface area contributed by atoms with Crippen LogP contribution >= 0.6 is 0 Å².